The van der Waals surface area contributed by atoms with E-state index in [1.54, 1.807) is 0 Å². The van der Waals surface area contributed by atoms with Gasteiger partial charge in [0.15, 0.2) is 6.29 Å². The summed E-state index contributed by atoms with van der Waals surface area (Å²) in [5.41, 5.74) is 5.35. The van der Waals surface area contributed by atoms with Gasteiger partial charge in [-0.15, -0.1) is 0 Å². The quantitative estimate of drug-likeness (QED) is 0.521. The van der Waals surface area contributed by atoms with Crippen LogP contribution in [0.4, 0.5) is 26.3 Å². The molecule has 0 aromatic heterocycles. The van der Waals surface area contributed by atoms with E-state index in [9.17, 15) is 26.3 Å². The molecule has 34 heavy (non-hydrogen) atoms. The summed E-state index contributed by atoms with van der Waals surface area (Å²) in [7, 11) is 0. The molecule has 0 amide bonds. The van der Waals surface area contributed by atoms with E-state index in [1.165, 1.54) is 0 Å². The third-order valence-electron chi connectivity index (χ3n) is 8.32. The van der Waals surface area contributed by atoms with Gasteiger partial charge in [0.2, 0.25) is 0 Å². The molecule has 0 aromatic carbocycles. The molecule has 4 rings (SSSR count). The van der Waals surface area contributed by atoms with Crippen LogP contribution in [0.15, 0.2) is 0 Å². The first-order valence-corrected chi connectivity index (χ1v) is 12.7. The Bertz CT molecular complexity index is 635. The van der Waals surface area contributed by atoms with Crippen LogP contribution in [0.5, 0.6) is 0 Å². The molecule has 4 fully saturated rings. The topological polar surface area (TPSA) is 53.7 Å². The molecular weight excluding hydrogens is 464 g/mol. The summed E-state index contributed by atoms with van der Waals surface area (Å²) >= 11 is 0. The van der Waals surface area contributed by atoms with Crippen molar-refractivity contribution in [1.29, 1.82) is 0 Å². The molecule has 4 atom stereocenters. The Morgan fingerprint density at radius 3 is 1.76 bits per heavy atom. The van der Waals surface area contributed by atoms with E-state index in [0.29, 0.717) is 19.1 Å². The molecule has 1 saturated heterocycles. The predicted octanol–water partition coefficient (Wildman–Crippen LogP) is 5.28. The zero-order valence-electron chi connectivity index (χ0n) is 19.6. The molecule has 0 spiro atoms. The minimum Gasteiger partial charge on any atom is -0.352 e. The minimum atomic E-state index is -4.15. The summed E-state index contributed by atoms with van der Waals surface area (Å²) < 4.78 is 103. The Hall–Kier alpha value is -0.580. The Morgan fingerprint density at radius 1 is 0.735 bits per heavy atom. The van der Waals surface area contributed by atoms with Crippen LogP contribution in [0.25, 0.3) is 0 Å². The van der Waals surface area contributed by atoms with E-state index in [4.69, 9.17) is 15.2 Å². The second kappa shape index (κ2) is 10.8. The highest BCUT2D eigenvalue weighted by molar-refractivity contribution is 4.96. The van der Waals surface area contributed by atoms with Gasteiger partial charge in [0.25, 0.3) is 0 Å². The van der Waals surface area contributed by atoms with Crippen LogP contribution in [0.1, 0.15) is 58.3 Å². The number of halogens is 6. The van der Waals surface area contributed by atoms with Crippen LogP contribution in [0, 0.1) is 29.6 Å². The number of alkyl halides is 6. The molecule has 4 nitrogen and oxygen atoms in total. The first kappa shape index (κ1) is 26.5. The fourth-order valence-electron chi connectivity index (χ4n) is 6.31. The highest BCUT2D eigenvalue weighted by atomic mass is 19.3. The fraction of sp³-hybridized carbons (Fsp3) is 1.00. The second-order valence-corrected chi connectivity index (χ2v) is 11.0. The predicted molar refractivity (Wildman–Crippen MR) is 113 cm³/mol. The van der Waals surface area contributed by atoms with Gasteiger partial charge in [0, 0.05) is 24.7 Å². The van der Waals surface area contributed by atoms with Gasteiger partial charge in [-0.2, -0.15) is 8.78 Å². The molecule has 10 heteroatoms. The van der Waals surface area contributed by atoms with Crippen molar-refractivity contribution in [2.75, 3.05) is 13.2 Å². The third kappa shape index (κ3) is 5.86. The molecule has 0 aromatic rings. The summed E-state index contributed by atoms with van der Waals surface area (Å²) in [4.78, 5) is 0. The molecule has 3 saturated carbocycles. The molecule has 4 unspecified atom stereocenters. The van der Waals surface area contributed by atoms with Crippen molar-refractivity contribution in [3.63, 3.8) is 0 Å². The summed E-state index contributed by atoms with van der Waals surface area (Å²) in [5, 5.41) is 0. The van der Waals surface area contributed by atoms with Gasteiger partial charge in [0.05, 0.1) is 25.4 Å². The zero-order chi connectivity index (χ0) is 24.6. The number of nitrogens with two attached hydrogens (primary N) is 1. The molecule has 4 aliphatic rings. The summed E-state index contributed by atoms with van der Waals surface area (Å²) in [6.45, 7) is 3.37. The molecule has 1 heterocycles. The normalized spacial score (nSPS) is 49.1. The maximum absolute atomic E-state index is 15.0. The first-order chi connectivity index (χ1) is 16.0. The van der Waals surface area contributed by atoms with Crippen molar-refractivity contribution in [2.24, 2.45) is 35.3 Å². The van der Waals surface area contributed by atoms with E-state index in [1.807, 2.05) is 0 Å². The van der Waals surface area contributed by atoms with E-state index < -0.39 is 61.7 Å². The van der Waals surface area contributed by atoms with Gasteiger partial charge in [-0.3, -0.25) is 0 Å². The highest BCUT2D eigenvalue weighted by Crippen LogP contribution is 2.49. The Balaban J connectivity index is 1.29. The Morgan fingerprint density at radius 2 is 1.24 bits per heavy atom. The third-order valence-corrected chi connectivity index (χ3v) is 8.32. The molecular formula is C24H37F6NO3. The van der Waals surface area contributed by atoms with Crippen molar-refractivity contribution in [3.05, 3.63) is 0 Å². The second-order valence-electron chi connectivity index (χ2n) is 11.0. The maximum Gasteiger partial charge on any atom is 0.364 e. The van der Waals surface area contributed by atoms with Gasteiger partial charge in [-0.05, 0) is 50.4 Å². The standard InChI is InChI=1S/C24H37F6NO3/c1-12-10-32-23(33-11-12)14-4-2-13(3-5-14)15-6-17(25)21(18(26)7-15)24(29,30)34-16-8-19(27)22(31)20(28)9-16/h12-23H,2-11,31H2,1H3. The van der Waals surface area contributed by atoms with Crippen molar-refractivity contribution in [1.82, 2.24) is 0 Å². The van der Waals surface area contributed by atoms with Crippen LogP contribution < -0.4 is 5.73 Å². The van der Waals surface area contributed by atoms with E-state index in [-0.39, 0.29) is 36.9 Å². The van der Waals surface area contributed by atoms with Gasteiger partial charge in [-0.1, -0.05) is 6.92 Å². The van der Waals surface area contributed by atoms with Gasteiger partial charge in [-0.25, -0.2) is 17.6 Å². The van der Waals surface area contributed by atoms with Crippen molar-refractivity contribution in [3.8, 4) is 0 Å². The maximum atomic E-state index is 15.0. The first-order valence-electron chi connectivity index (χ1n) is 12.7. The summed E-state index contributed by atoms with van der Waals surface area (Å²) in [6, 6.07) is -1.40. The Kier molecular flexibility index (Phi) is 8.42. The van der Waals surface area contributed by atoms with Gasteiger partial charge >= 0.3 is 6.11 Å². The van der Waals surface area contributed by atoms with Crippen molar-refractivity contribution < 1.29 is 40.6 Å². The van der Waals surface area contributed by atoms with Crippen LogP contribution in [-0.4, -0.2) is 62.4 Å². The van der Waals surface area contributed by atoms with E-state index in [2.05, 4.69) is 11.7 Å². The average Bonchev–Trinajstić information content (AvgIpc) is 2.77. The Labute approximate surface area is 197 Å². The zero-order valence-corrected chi connectivity index (χ0v) is 19.6. The number of rotatable bonds is 5. The van der Waals surface area contributed by atoms with E-state index >= 15 is 0 Å². The molecule has 3 aliphatic carbocycles. The largest absolute Gasteiger partial charge is 0.364 e. The smallest absolute Gasteiger partial charge is 0.352 e. The highest BCUT2D eigenvalue weighted by Gasteiger charge is 2.56. The van der Waals surface area contributed by atoms with Crippen LogP contribution in [0.3, 0.4) is 0 Å². The SMILES string of the molecule is CC1COC(C2CCC(C3CC(F)C(C(F)(F)OC4CC(F)C(N)C(F)C4)C(F)C3)CC2)OC1. The molecule has 0 radical (unpaired) electrons. The number of hydrogen-bond donors (Lipinski definition) is 1. The van der Waals surface area contributed by atoms with E-state index in [0.717, 1.165) is 25.7 Å². The number of ether oxygens (including phenoxy) is 3. The van der Waals surface area contributed by atoms with Gasteiger partial charge in [0.1, 0.15) is 30.6 Å². The summed E-state index contributed by atoms with van der Waals surface area (Å²) in [5.74, 6) is -1.95. The minimum absolute atomic E-state index is 0.0604. The molecule has 2 N–H and O–H groups in total. The lowest BCUT2D eigenvalue weighted by molar-refractivity contribution is -0.322. The molecule has 198 valence electrons. The summed E-state index contributed by atoms with van der Waals surface area (Å²) in [6.07, 6.45) is -12.0. The van der Waals surface area contributed by atoms with Gasteiger partial charge < -0.3 is 19.9 Å². The average molecular weight is 502 g/mol. The molecule has 1 aliphatic heterocycles. The van der Waals surface area contributed by atoms with Crippen LogP contribution in [-0.2, 0) is 14.2 Å². The molecule has 0 bridgehead atoms. The lowest BCUT2D eigenvalue weighted by Crippen LogP contribution is -2.53. The van der Waals surface area contributed by atoms with Crippen LogP contribution >= 0.6 is 0 Å². The number of hydrogen-bond acceptors (Lipinski definition) is 4. The monoisotopic (exact) mass is 501 g/mol. The fourth-order valence-corrected chi connectivity index (χ4v) is 6.31. The van der Waals surface area contributed by atoms with Crippen molar-refractivity contribution in [2.45, 2.75) is 108 Å². The van der Waals surface area contributed by atoms with Crippen LogP contribution in [0.2, 0.25) is 0 Å². The lowest BCUT2D eigenvalue weighted by Gasteiger charge is -2.44. The van der Waals surface area contributed by atoms with Crippen molar-refractivity contribution >= 4 is 0 Å². The lowest BCUT2D eigenvalue weighted by atomic mass is 9.67.